The van der Waals surface area contributed by atoms with Crippen molar-refractivity contribution in [1.29, 1.82) is 0 Å². The van der Waals surface area contributed by atoms with E-state index in [1.54, 1.807) is 6.07 Å². The highest BCUT2D eigenvalue weighted by atomic mass is 35.5. The van der Waals surface area contributed by atoms with Gasteiger partial charge < -0.3 is 20.3 Å². The van der Waals surface area contributed by atoms with Crippen LogP contribution in [0.25, 0.3) is 0 Å². The Morgan fingerprint density at radius 1 is 1.32 bits per heavy atom. The molecular formula is C17H26ClNO3. The van der Waals surface area contributed by atoms with Crippen LogP contribution in [0.3, 0.4) is 0 Å². The largest absolute Gasteiger partial charge is 0.504 e. The molecule has 3 N–H and O–H groups in total. The highest BCUT2D eigenvalue weighted by Gasteiger charge is 2.45. The summed E-state index contributed by atoms with van der Waals surface area (Å²) in [6, 6.07) is 5.69. The molecule has 1 saturated heterocycles. The molecule has 1 aliphatic heterocycles. The van der Waals surface area contributed by atoms with Gasteiger partial charge in [0.2, 0.25) is 0 Å². The Bertz CT molecular complexity index is 507. The number of fused-ring (bicyclic) bond motifs is 1. The maximum atomic E-state index is 10.9. The number of halogens is 1. The summed E-state index contributed by atoms with van der Waals surface area (Å²) < 4.78 is 5.49. The first-order chi connectivity index (χ1) is 10.1. The number of hydrogen-bond donors (Lipinski definition) is 3. The maximum Gasteiger partial charge on any atom is 0.161 e. The van der Waals surface area contributed by atoms with Crippen LogP contribution < -0.4 is 10.1 Å². The topological polar surface area (TPSA) is 61.7 Å². The van der Waals surface area contributed by atoms with Crippen LogP contribution in [-0.4, -0.2) is 29.0 Å². The van der Waals surface area contributed by atoms with Crippen molar-refractivity contribution >= 4 is 12.4 Å². The smallest absolute Gasteiger partial charge is 0.161 e. The van der Waals surface area contributed by atoms with Gasteiger partial charge in [0, 0.05) is 12.0 Å². The van der Waals surface area contributed by atoms with Gasteiger partial charge in [-0.05, 0) is 50.4 Å². The molecule has 2 fully saturated rings. The van der Waals surface area contributed by atoms with E-state index in [2.05, 4.69) is 5.32 Å². The first-order valence-electron chi connectivity index (χ1n) is 8.05. The van der Waals surface area contributed by atoms with E-state index >= 15 is 0 Å². The van der Waals surface area contributed by atoms with E-state index in [-0.39, 0.29) is 30.1 Å². The lowest BCUT2D eigenvalue weighted by molar-refractivity contribution is -0.0861. The average Bonchev–Trinajstić information content (AvgIpc) is 2.48. The molecule has 0 radical (unpaired) electrons. The molecule has 0 aromatic heterocycles. The molecule has 3 rings (SSSR count). The normalized spacial score (nSPS) is 31.0. The minimum atomic E-state index is -0.530. The first kappa shape index (κ1) is 17.4. The molecule has 22 heavy (non-hydrogen) atoms. The van der Waals surface area contributed by atoms with Gasteiger partial charge >= 0.3 is 0 Å². The molecule has 3 atom stereocenters. The zero-order chi connectivity index (χ0) is 14.9. The van der Waals surface area contributed by atoms with Gasteiger partial charge in [-0.15, -0.1) is 12.4 Å². The second-order valence-electron chi connectivity index (χ2n) is 6.30. The zero-order valence-corrected chi connectivity index (χ0v) is 13.9. The van der Waals surface area contributed by atoms with Crippen LogP contribution in [0.15, 0.2) is 18.2 Å². The van der Waals surface area contributed by atoms with Gasteiger partial charge in [0.05, 0.1) is 12.2 Å². The van der Waals surface area contributed by atoms with Crippen LogP contribution in [0.4, 0.5) is 0 Å². The lowest BCUT2D eigenvalue weighted by Crippen LogP contribution is -2.53. The average molecular weight is 328 g/mol. The van der Waals surface area contributed by atoms with Gasteiger partial charge in [-0.1, -0.05) is 18.9 Å². The van der Waals surface area contributed by atoms with Crippen LogP contribution in [0.5, 0.6) is 11.5 Å². The monoisotopic (exact) mass is 327 g/mol. The molecular weight excluding hydrogens is 302 g/mol. The number of aromatic hydroxyl groups is 1. The number of rotatable bonds is 3. The fourth-order valence-corrected chi connectivity index (χ4v) is 3.97. The van der Waals surface area contributed by atoms with Crippen molar-refractivity contribution in [2.45, 2.75) is 50.7 Å². The van der Waals surface area contributed by atoms with Gasteiger partial charge in [0.15, 0.2) is 11.5 Å². The van der Waals surface area contributed by atoms with E-state index in [1.165, 1.54) is 6.42 Å². The number of nitrogens with one attached hydrogen (secondary N) is 1. The Hall–Kier alpha value is -0.970. The number of aliphatic hydroxyl groups is 1. The standard InChI is InChI=1S/C17H25NO3.ClH/c1-2-21-15-11-12(6-7-14(15)19)16-13-5-3-4-8-17(13,20)9-10-18-16;/h6-7,11,13,16,18-20H,2-5,8-10H2,1H3;1H/t13?,16-,17?;/m0./s1. The van der Waals surface area contributed by atoms with Gasteiger partial charge in [0.25, 0.3) is 0 Å². The van der Waals surface area contributed by atoms with Crippen LogP contribution >= 0.6 is 12.4 Å². The highest BCUT2D eigenvalue weighted by molar-refractivity contribution is 5.85. The van der Waals surface area contributed by atoms with E-state index in [0.717, 1.165) is 37.8 Å². The maximum absolute atomic E-state index is 10.9. The van der Waals surface area contributed by atoms with Gasteiger partial charge in [-0.3, -0.25) is 0 Å². The van der Waals surface area contributed by atoms with Crippen molar-refractivity contribution in [1.82, 2.24) is 5.32 Å². The number of piperidine rings is 1. The van der Waals surface area contributed by atoms with Crippen LogP contribution in [0.2, 0.25) is 0 Å². The summed E-state index contributed by atoms with van der Waals surface area (Å²) in [6.07, 6.45) is 5.11. The molecule has 0 spiro atoms. The summed E-state index contributed by atoms with van der Waals surface area (Å²) in [7, 11) is 0. The number of hydrogen-bond acceptors (Lipinski definition) is 4. The highest BCUT2D eigenvalue weighted by Crippen LogP contribution is 2.46. The second kappa shape index (κ2) is 7.07. The van der Waals surface area contributed by atoms with Crippen molar-refractivity contribution in [2.24, 2.45) is 5.92 Å². The number of benzene rings is 1. The van der Waals surface area contributed by atoms with Crippen molar-refractivity contribution in [2.75, 3.05) is 13.2 Å². The molecule has 1 aliphatic carbocycles. The molecule has 1 heterocycles. The summed E-state index contributed by atoms with van der Waals surface area (Å²) in [6.45, 7) is 3.27. The predicted molar refractivity (Wildman–Crippen MR) is 88.8 cm³/mol. The van der Waals surface area contributed by atoms with E-state index in [1.807, 2.05) is 19.1 Å². The summed E-state index contributed by atoms with van der Waals surface area (Å²) >= 11 is 0. The van der Waals surface area contributed by atoms with Gasteiger partial charge in [0.1, 0.15) is 0 Å². The first-order valence-corrected chi connectivity index (χ1v) is 8.05. The summed E-state index contributed by atoms with van der Waals surface area (Å²) in [5.74, 6) is 0.955. The molecule has 2 unspecified atom stereocenters. The zero-order valence-electron chi connectivity index (χ0n) is 13.0. The van der Waals surface area contributed by atoms with E-state index in [9.17, 15) is 10.2 Å². The minimum absolute atomic E-state index is 0. The number of phenols is 1. The van der Waals surface area contributed by atoms with Gasteiger partial charge in [-0.25, -0.2) is 0 Å². The predicted octanol–water partition coefficient (Wildman–Crippen LogP) is 3.17. The third-order valence-corrected chi connectivity index (χ3v) is 5.03. The molecule has 0 bridgehead atoms. The molecule has 124 valence electrons. The summed E-state index contributed by atoms with van der Waals surface area (Å²) in [5, 5.41) is 24.3. The number of phenolic OH excluding ortho intramolecular Hbond substituents is 1. The Kier molecular flexibility index (Phi) is 5.59. The summed E-state index contributed by atoms with van der Waals surface area (Å²) in [5.41, 5.74) is 0.568. The van der Waals surface area contributed by atoms with Crippen molar-refractivity contribution < 1.29 is 14.9 Å². The Morgan fingerprint density at radius 2 is 2.14 bits per heavy atom. The quantitative estimate of drug-likeness (QED) is 0.798. The van der Waals surface area contributed by atoms with Crippen LogP contribution in [-0.2, 0) is 0 Å². The molecule has 1 aromatic rings. The fraction of sp³-hybridized carbons (Fsp3) is 0.647. The Labute approximate surface area is 138 Å². The molecule has 2 aliphatic rings. The second-order valence-corrected chi connectivity index (χ2v) is 6.30. The Balaban J connectivity index is 0.00000176. The van der Waals surface area contributed by atoms with Crippen molar-refractivity contribution in [3.05, 3.63) is 23.8 Å². The molecule has 0 amide bonds. The number of ether oxygens (including phenoxy) is 1. The minimum Gasteiger partial charge on any atom is -0.504 e. The lowest BCUT2D eigenvalue weighted by atomic mass is 9.67. The molecule has 5 heteroatoms. The van der Waals surface area contributed by atoms with E-state index in [0.29, 0.717) is 12.4 Å². The van der Waals surface area contributed by atoms with E-state index < -0.39 is 5.60 Å². The lowest BCUT2D eigenvalue weighted by Gasteiger charge is -2.48. The third kappa shape index (κ3) is 3.19. The molecule has 1 aromatic carbocycles. The Morgan fingerprint density at radius 3 is 2.91 bits per heavy atom. The third-order valence-electron chi connectivity index (χ3n) is 5.03. The van der Waals surface area contributed by atoms with Crippen molar-refractivity contribution in [3.8, 4) is 11.5 Å². The van der Waals surface area contributed by atoms with Crippen LogP contribution in [0.1, 0.15) is 50.6 Å². The van der Waals surface area contributed by atoms with Crippen molar-refractivity contribution in [3.63, 3.8) is 0 Å². The SMILES string of the molecule is CCOc1cc([C@@H]2NCCC3(O)CCCCC23)ccc1O.Cl. The van der Waals surface area contributed by atoms with Gasteiger partial charge in [-0.2, -0.15) is 0 Å². The molecule has 4 nitrogen and oxygen atoms in total. The molecule has 1 saturated carbocycles. The summed E-state index contributed by atoms with van der Waals surface area (Å²) in [4.78, 5) is 0. The fourth-order valence-electron chi connectivity index (χ4n) is 3.97. The van der Waals surface area contributed by atoms with Crippen LogP contribution in [0, 0.1) is 5.92 Å². The van der Waals surface area contributed by atoms with E-state index in [4.69, 9.17) is 4.74 Å².